The van der Waals surface area contributed by atoms with Gasteiger partial charge in [0.25, 0.3) is 0 Å². The molecular weight excluding hydrogens is 319 g/mol. The van der Waals surface area contributed by atoms with Gasteiger partial charge in [0.1, 0.15) is 5.82 Å². The third-order valence-corrected chi connectivity index (χ3v) is 4.77. The Hall–Kier alpha value is -2.70. The molecule has 1 saturated carbocycles. The molecule has 2 aromatic rings. The van der Waals surface area contributed by atoms with Crippen molar-refractivity contribution in [3.63, 3.8) is 0 Å². The number of hydrogen-bond acceptors (Lipinski definition) is 4. The average molecular weight is 340 g/mol. The van der Waals surface area contributed by atoms with Gasteiger partial charge in [-0.2, -0.15) is 0 Å². The van der Waals surface area contributed by atoms with E-state index < -0.39 is 0 Å². The minimum atomic E-state index is -0.195. The van der Waals surface area contributed by atoms with Crippen LogP contribution < -0.4 is 10.6 Å². The van der Waals surface area contributed by atoms with Crippen molar-refractivity contribution in [3.8, 4) is 0 Å². The van der Waals surface area contributed by atoms with Gasteiger partial charge in [-0.05, 0) is 30.2 Å². The zero-order chi connectivity index (χ0) is 17.2. The molecule has 2 fully saturated rings. The Labute approximate surface area is 146 Å². The monoisotopic (exact) mass is 340 g/mol. The number of aromatic nitrogens is 2. The molecule has 130 valence electrons. The number of nitrogens with zero attached hydrogens (tertiary/aromatic N) is 5. The number of aliphatic imine (C=N–C) groups is 1. The highest BCUT2D eigenvalue weighted by atomic mass is 19.1. The van der Waals surface area contributed by atoms with Gasteiger partial charge in [-0.1, -0.05) is 12.1 Å². The first kappa shape index (κ1) is 15.8. The van der Waals surface area contributed by atoms with Gasteiger partial charge in [0.2, 0.25) is 5.95 Å². The predicted octanol–water partition coefficient (Wildman–Crippen LogP) is 1.61. The predicted molar refractivity (Wildman–Crippen MR) is 95.0 cm³/mol. The molecule has 0 amide bonds. The number of benzene rings is 1. The van der Waals surface area contributed by atoms with Gasteiger partial charge >= 0.3 is 0 Å². The van der Waals surface area contributed by atoms with Crippen LogP contribution in [0.4, 0.5) is 10.3 Å². The normalized spacial score (nSPS) is 23.6. The molecule has 0 radical (unpaired) electrons. The quantitative estimate of drug-likeness (QED) is 0.679. The zero-order valence-corrected chi connectivity index (χ0v) is 13.9. The van der Waals surface area contributed by atoms with E-state index in [0.717, 1.165) is 44.1 Å². The van der Waals surface area contributed by atoms with E-state index in [0.29, 0.717) is 5.96 Å². The summed E-state index contributed by atoms with van der Waals surface area (Å²) in [4.78, 5) is 17.5. The number of guanidine groups is 1. The standard InChI is InChI=1S/C18H21FN6/c19-14-4-1-3-13(11-14)15-12-16(15)23-17(20)24-7-9-25(10-8-24)18-21-5-2-6-22-18/h1-6,11,15-16H,7-10,12H2,(H2,20,23). The second kappa shape index (κ2) is 6.66. The van der Waals surface area contributed by atoms with Crippen LogP contribution in [0, 0.1) is 5.82 Å². The summed E-state index contributed by atoms with van der Waals surface area (Å²) >= 11 is 0. The Bertz CT molecular complexity index is 757. The summed E-state index contributed by atoms with van der Waals surface area (Å²) in [6, 6.07) is 8.74. The van der Waals surface area contributed by atoms with Crippen molar-refractivity contribution in [1.82, 2.24) is 14.9 Å². The molecule has 2 atom stereocenters. The third kappa shape index (κ3) is 3.55. The highest BCUT2D eigenvalue weighted by Gasteiger charge is 2.39. The summed E-state index contributed by atoms with van der Waals surface area (Å²) in [5.74, 6) is 1.43. The molecule has 2 heterocycles. The number of nitrogens with two attached hydrogens (primary N) is 1. The molecule has 6 nitrogen and oxygen atoms in total. The van der Waals surface area contributed by atoms with E-state index in [-0.39, 0.29) is 17.8 Å². The number of anilines is 1. The maximum absolute atomic E-state index is 13.3. The van der Waals surface area contributed by atoms with Crippen molar-refractivity contribution in [2.75, 3.05) is 31.1 Å². The number of hydrogen-bond donors (Lipinski definition) is 1. The van der Waals surface area contributed by atoms with Crippen molar-refractivity contribution in [1.29, 1.82) is 0 Å². The third-order valence-electron chi connectivity index (χ3n) is 4.77. The molecule has 25 heavy (non-hydrogen) atoms. The average Bonchev–Trinajstić information content (AvgIpc) is 3.42. The maximum Gasteiger partial charge on any atom is 0.225 e. The van der Waals surface area contributed by atoms with Crippen molar-refractivity contribution in [2.24, 2.45) is 10.7 Å². The molecule has 2 unspecified atom stereocenters. The van der Waals surface area contributed by atoms with E-state index in [2.05, 4.69) is 24.8 Å². The van der Waals surface area contributed by atoms with E-state index in [9.17, 15) is 4.39 Å². The summed E-state index contributed by atoms with van der Waals surface area (Å²) in [5, 5.41) is 0. The van der Waals surface area contributed by atoms with E-state index in [1.165, 1.54) is 6.07 Å². The Morgan fingerprint density at radius 2 is 1.88 bits per heavy atom. The molecular formula is C18H21FN6. The largest absolute Gasteiger partial charge is 0.370 e. The van der Waals surface area contributed by atoms with Gasteiger partial charge in [-0.3, -0.25) is 0 Å². The molecule has 7 heteroatoms. The summed E-state index contributed by atoms with van der Waals surface area (Å²) in [6.45, 7) is 3.23. The second-order valence-corrected chi connectivity index (χ2v) is 6.47. The molecule has 1 saturated heterocycles. The number of rotatable bonds is 3. The Morgan fingerprint density at radius 3 is 2.60 bits per heavy atom. The van der Waals surface area contributed by atoms with Crippen LogP contribution in [0.5, 0.6) is 0 Å². The minimum absolute atomic E-state index is 0.164. The second-order valence-electron chi connectivity index (χ2n) is 6.47. The fraction of sp³-hybridized carbons (Fsp3) is 0.389. The van der Waals surface area contributed by atoms with Crippen LogP contribution in [0.2, 0.25) is 0 Å². The molecule has 1 aromatic carbocycles. The molecule has 0 bridgehead atoms. The molecule has 4 rings (SSSR count). The molecule has 2 N–H and O–H groups in total. The highest BCUT2D eigenvalue weighted by Crippen LogP contribution is 2.43. The van der Waals surface area contributed by atoms with E-state index in [4.69, 9.17) is 5.73 Å². The van der Waals surface area contributed by atoms with Crippen LogP contribution in [-0.4, -0.2) is 53.0 Å². The molecule has 0 spiro atoms. The van der Waals surface area contributed by atoms with Crippen LogP contribution in [0.25, 0.3) is 0 Å². The maximum atomic E-state index is 13.3. The summed E-state index contributed by atoms with van der Waals surface area (Å²) in [6.07, 6.45) is 4.44. The van der Waals surface area contributed by atoms with Crippen LogP contribution >= 0.6 is 0 Å². The lowest BCUT2D eigenvalue weighted by Crippen LogP contribution is -2.51. The molecule has 1 aliphatic heterocycles. The summed E-state index contributed by atoms with van der Waals surface area (Å²) in [5.41, 5.74) is 7.20. The molecule has 2 aliphatic rings. The van der Waals surface area contributed by atoms with Crippen molar-refractivity contribution in [3.05, 3.63) is 54.1 Å². The van der Waals surface area contributed by atoms with Gasteiger partial charge in [0.05, 0.1) is 6.04 Å². The van der Waals surface area contributed by atoms with Gasteiger partial charge in [-0.15, -0.1) is 0 Å². The first-order chi connectivity index (χ1) is 12.2. The van der Waals surface area contributed by atoms with E-state index in [1.807, 2.05) is 12.1 Å². The first-order valence-corrected chi connectivity index (χ1v) is 8.56. The van der Waals surface area contributed by atoms with Crippen molar-refractivity contribution < 1.29 is 4.39 Å². The Kier molecular flexibility index (Phi) is 4.21. The number of halogens is 1. The topological polar surface area (TPSA) is 70.6 Å². The molecule has 1 aromatic heterocycles. The lowest BCUT2D eigenvalue weighted by molar-refractivity contribution is 0.378. The number of piperazine rings is 1. The Balaban J connectivity index is 1.34. The molecule has 1 aliphatic carbocycles. The van der Waals surface area contributed by atoms with Crippen molar-refractivity contribution in [2.45, 2.75) is 18.4 Å². The summed E-state index contributed by atoms with van der Waals surface area (Å²) in [7, 11) is 0. The minimum Gasteiger partial charge on any atom is -0.370 e. The van der Waals surface area contributed by atoms with Gasteiger partial charge in [0.15, 0.2) is 5.96 Å². The fourth-order valence-electron chi connectivity index (χ4n) is 3.26. The Morgan fingerprint density at radius 1 is 1.12 bits per heavy atom. The van der Waals surface area contributed by atoms with Crippen molar-refractivity contribution >= 4 is 11.9 Å². The lowest BCUT2D eigenvalue weighted by Gasteiger charge is -2.35. The fourth-order valence-corrected chi connectivity index (χ4v) is 3.26. The smallest absolute Gasteiger partial charge is 0.225 e. The van der Waals surface area contributed by atoms with Crippen LogP contribution in [0.1, 0.15) is 17.9 Å². The van der Waals surface area contributed by atoms with Crippen LogP contribution in [0.3, 0.4) is 0 Å². The van der Waals surface area contributed by atoms with Gasteiger partial charge in [0, 0.05) is 44.5 Å². The van der Waals surface area contributed by atoms with Crippen LogP contribution in [-0.2, 0) is 0 Å². The zero-order valence-electron chi connectivity index (χ0n) is 13.9. The van der Waals surface area contributed by atoms with Gasteiger partial charge < -0.3 is 15.5 Å². The lowest BCUT2D eigenvalue weighted by atomic mass is 10.1. The van der Waals surface area contributed by atoms with E-state index in [1.54, 1.807) is 24.5 Å². The van der Waals surface area contributed by atoms with Gasteiger partial charge in [-0.25, -0.2) is 19.4 Å². The summed E-state index contributed by atoms with van der Waals surface area (Å²) < 4.78 is 13.3. The highest BCUT2D eigenvalue weighted by molar-refractivity contribution is 5.79. The first-order valence-electron chi connectivity index (χ1n) is 8.56. The van der Waals surface area contributed by atoms with Crippen LogP contribution in [0.15, 0.2) is 47.7 Å². The SMILES string of the molecule is NC(=NC1CC1c1cccc(F)c1)N1CCN(c2ncccn2)CC1. The van der Waals surface area contributed by atoms with E-state index >= 15 is 0 Å².